The molecule has 2 heteroatoms. The third-order valence-corrected chi connectivity index (χ3v) is 0.722. The van der Waals surface area contributed by atoms with Crippen LogP contribution in [0.15, 0.2) is 36.4 Å². The van der Waals surface area contributed by atoms with Crippen molar-refractivity contribution in [3.8, 4) is 0 Å². The van der Waals surface area contributed by atoms with E-state index in [1.807, 2.05) is 36.4 Å². The SMILES string of the molecule is O=CC=O.c1ccccc1. The lowest BCUT2D eigenvalue weighted by molar-refractivity contribution is -0.122. The molecule has 0 unspecified atom stereocenters. The second kappa shape index (κ2) is 7.56. The first kappa shape index (κ1) is 8.56. The lowest BCUT2D eigenvalue weighted by Gasteiger charge is -1.69. The number of rotatable bonds is 1. The van der Waals surface area contributed by atoms with Crippen LogP contribution in [-0.4, -0.2) is 12.6 Å². The minimum Gasteiger partial charge on any atom is -0.295 e. The highest BCUT2D eigenvalue weighted by molar-refractivity contribution is 6.09. The Morgan fingerprint density at radius 2 is 0.800 bits per heavy atom. The number of aldehydes is 2. The fraction of sp³-hybridized carbons (Fsp3) is 0. The first-order valence-corrected chi connectivity index (χ1v) is 2.80. The molecule has 0 aromatic heterocycles. The summed E-state index contributed by atoms with van der Waals surface area (Å²) in [6, 6.07) is 12.0. The Morgan fingerprint density at radius 1 is 0.600 bits per heavy atom. The van der Waals surface area contributed by atoms with E-state index in [9.17, 15) is 0 Å². The minimum absolute atomic E-state index is 0.194. The summed E-state index contributed by atoms with van der Waals surface area (Å²) < 4.78 is 0. The van der Waals surface area contributed by atoms with Gasteiger partial charge < -0.3 is 0 Å². The molecule has 0 amide bonds. The largest absolute Gasteiger partial charge is 0.295 e. The van der Waals surface area contributed by atoms with Gasteiger partial charge in [-0.15, -0.1) is 0 Å². The molecule has 0 spiro atoms. The van der Waals surface area contributed by atoms with Crippen LogP contribution in [0.5, 0.6) is 0 Å². The first-order valence-electron chi connectivity index (χ1n) is 2.80. The zero-order valence-electron chi connectivity index (χ0n) is 5.44. The predicted molar refractivity (Wildman–Crippen MR) is 38.6 cm³/mol. The number of hydrogen-bond donors (Lipinski definition) is 0. The van der Waals surface area contributed by atoms with Gasteiger partial charge in [0.2, 0.25) is 0 Å². The summed E-state index contributed by atoms with van der Waals surface area (Å²) in [5, 5.41) is 0. The lowest BCUT2D eigenvalue weighted by atomic mass is 10.4. The molecule has 0 bridgehead atoms. The average Bonchev–Trinajstić information content (AvgIpc) is 2.08. The molecule has 0 heterocycles. The van der Waals surface area contributed by atoms with E-state index < -0.39 is 0 Å². The molecule has 0 aliphatic rings. The van der Waals surface area contributed by atoms with Gasteiger partial charge in [0.05, 0.1) is 0 Å². The predicted octanol–water partition coefficient (Wildman–Crippen LogP) is 1.07. The smallest absolute Gasteiger partial charge is 0.182 e. The van der Waals surface area contributed by atoms with Gasteiger partial charge in [0.1, 0.15) is 0 Å². The van der Waals surface area contributed by atoms with E-state index in [-0.39, 0.29) is 12.6 Å². The van der Waals surface area contributed by atoms with E-state index >= 15 is 0 Å². The van der Waals surface area contributed by atoms with Gasteiger partial charge in [0, 0.05) is 0 Å². The van der Waals surface area contributed by atoms with Gasteiger partial charge in [-0.05, 0) is 0 Å². The number of carbonyl (C=O) groups is 2. The quantitative estimate of drug-likeness (QED) is 0.427. The van der Waals surface area contributed by atoms with Crippen molar-refractivity contribution in [3.05, 3.63) is 36.4 Å². The summed E-state index contributed by atoms with van der Waals surface area (Å²) in [7, 11) is 0. The van der Waals surface area contributed by atoms with Crippen molar-refractivity contribution in [2.45, 2.75) is 0 Å². The molecule has 0 saturated carbocycles. The van der Waals surface area contributed by atoms with Gasteiger partial charge in [0.15, 0.2) is 12.6 Å². The molecule has 2 nitrogen and oxygen atoms in total. The van der Waals surface area contributed by atoms with Crippen LogP contribution < -0.4 is 0 Å². The van der Waals surface area contributed by atoms with Crippen molar-refractivity contribution in [1.29, 1.82) is 0 Å². The molecular weight excluding hydrogens is 128 g/mol. The standard InChI is InChI=1S/C6H6.C2H2O2/c1-2-4-6-5-3-1;3-1-2-4/h1-6H;1-2H. The topological polar surface area (TPSA) is 34.1 Å². The van der Waals surface area contributed by atoms with E-state index in [4.69, 9.17) is 9.59 Å². The van der Waals surface area contributed by atoms with Crippen molar-refractivity contribution >= 4 is 12.6 Å². The maximum atomic E-state index is 8.81. The molecule has 1 rings (SSSR count). The highest BCUT2D eigenvalue weighted by Crippen LogP contribution is 1.79. The monoisotopic (exact) mass is 136 g/mol. The fourth-order valence-corrected chi connectivity index (χ4v) is 0.385. The van der Waals surface area contributed by atoms with Crippen molar-refractivity contribution in [2.75, 3.05) is 0 Å². The zero-order valence-corrected chi connectivity index (χ0v) is 5.44. The second-order valence-electron chi connectivity index (χ2n) is 1.43. The second-order valence-corrected chi connectivity index (χ2v) is 1.43. The van der Waals surface area contributed by atoms with Crippen LogP contribution in [0.25, 0.3) is 0 Å². The molecule has 0 saturated heterocycles. The first-order chi connectivity index (χ1) is 4.91. The number of hydrogen-bond acceptors (Lipinski definition) is 2. The van der Waals surface area contributed by atoms with E-state index in [0.717, 1.165) is 0 Å². The molecule has 0 atom stereocenters. The number of carbonyl (C=O) groups excluding carboxylic acids is 2. The molecule has 0 fully saturated rings. The average molecular weight is 136 g/mol. The van der Waals surface area contributed by atoms with E-state index in [1.165, 1.54) is 0 Å². The number of benzene rings is 1. The Kier molecular flexibility index (Phi) is 6.47. The lowest BCUT2D eigenvalue weighted by Crippen LogP contribution is -1.62. The molecule has 1 aromatic carbocycles. The van der Waals surface area contributed by atoms with E-state index in [2.05, 4.69) is 0 Å². The Hall–Kier alpha value is -1.44. The van der Waals surface area contributed by atoms with Crippen LogP contribution in [-0.2, 0) is 9.59 Å². The zero-order chi connectivity index (χ0) is 7.66. The molecule has 1 aromatic rings. The Labute approximate surface area is 59.5 Å². The van der Waals surface area contributed by atoms with Crippen LogP contribution in [0.4, 0.5) is 0 Å². The summed E-state index contributed by atoms with van der Waals surface area (Å²) in [5.74, 6) is 0. The molecule has 0 aliphatic carbocycles. The van der Waals surface area contributed by atoms with Gasteiger partial charge in [-0.25, -0.2) is 0 Å². The van der Waals surface area contributed by atoms with Gasteiger partial charge in [-0.1, -0.05) is 36.4 Å². The summed E-state index contributed by atoms with van der Waals surface area (Å²) >= 11 is 0. The van der Waals surface area contributed by atoms with Gasteiger partial charge >= 0.3 is 0 Å². The van der Waals surface area contributed by atoms with Crippen molar-refractivity contribution in [3.63, 3.8) is 0 Å². The third-order valence-electron chi connectivity index (χ3n) is 0.722. The fourth-order valence-electron chi connectivity index (χ4n) is 0.385. The molecule has 10 heavy (non-hydrogen) atoms. The van der Waals surface area contributed by atoms with Crippen LogP contribution in [0, 0.1) is 0 Å². The van der Waals surface area contributed by atoms with Crippen molar-refractivity contribution in [2.24, 2.45) is 0 Å². The van der Waals surface area contributed by atoms with E-state index in [0.29, 0.717) is 0 Å². The van der Waals surface area contributed by atoms with Crippen LogP contribution in [0.1, 0.15) is 0 Å². The molecular formula is C8H8O2. The van der Waals surface area contributed by atoms with Gasteiger partial charge in [-0.2, -0.15) is 0 Å². The maximum absolute atomic E-state index is 8.81. The maximum Gasteiger partial charge on any atom is 0.182 e. The molecule has 0 radical (unpaired) electrons. The summed E-state index contributed by atoms with van der Waals surface area (Å²) in [4.78, 5) is 17.6. The van der Waals surface area contributed by atoms with Crippen molar-refractivity contribution in [1.82, 2.24) is 0 Å². The van der Waals surface area contributed by atoms with Crippen LogP contribution >= 0.6 is 0 Å². The Balaban J connectivity index is 0.000000180. The summed E-state index contributed by atoms with van der Waals surface area (Å²) in [5.41, 5.74) is 0. The molecule has 0 N–H and O–H groups in total. The summed E-state index contributed by atoms with van der Waals surface area (Å²) in [6.45, 7) is 0. The molecule has 52 valence electrons. The van der Waals surface area contributed by atoms with Crippen molar-refractivity contribution < 1.29 is 9.59 Å². The highest BCUT2D eigenvalue weighted by atomic mass is 16.2. The molecule has 0 aliphatic heterocycles. The minimum atomic E-state index is 0.194. The third kappa shape index (κ3) is 6.56. The normalized spacial score (nSPS) is 6.80. The Bertz CT molecular complexity index is 137. The summed E-state index contributed by atoms with van der Waals surface area (Å²) in [6.07, 6.45) is 0.389. The highest BCUT2D eigenvalue weighted by Gasteiger charge is 1.57. The van der Waals surface area contributed by atoms with Crippen LogP contribution in [0.2, 0.25) is 0 Å². The van der Waals surface area contributed by atoms with Crippen LogP contribution in [0.3, 0.4) is 0 Å². The Morgan fingerprint density at radius 3 is 0.900 bits per heavy atom. The van der Waals surface area contributed by atoms with Gasteiger partial charge in [0.25, 0.3) is 0 Å². The van der Waals surface area contributed by atoms with Gasteiger partial charge in [-0.3, -0.25) is 9.59 Å². The van der Waals surface area contributed by atoms with E-state index in [1.54, 1.807) is 0 Å².